The normalized spacial score (nSPS) is 18.6. The van der Waals surface area contributed by atoms with Crippen LogP contribution >= 0.6 is 11.3 Å². The molecular weight excluding hydrogens is 268 g/mol. The molecule has 6 heteroatoms. The molecule has 0 spiro atoms. The van der Waals surface area contributed by atoms with Crippen molar-refractivity contribution in [1.82, 2.24) is 4.72 Å². The van der Waals surface area contributed by atoms with Crippen molar-refractivity contribution in [2.75, 3.05) is 6.54 Å². The number of sulfonamides is 1. The molecular formula is C12H20N2O2S2. The fourth-order valence-electron chi connectivity index (χ4n) is 2.38. The van der Waals surface area contributed by atoms with E-state index in [1.807, 2.05) is 0 Å². The van der Waals surface area contributed by atoms with Gasteiger partial charge in [0.1, 0.15) is 0 Å². The summed E-state index contributed by atoms with van der Waals surface area (Å²) in [7, 11) is -3.40. The minimum absolute atomic E-state index is 0.186. The maximum Gasteiger partial charge on any atom is 0.241 e. The van der Waals surface area contributed by atoms with Crippen molar-refractivity contribution in [3.63, 3.8) is 0 Å². The minimum atomic E-state index is -3.40. The second kappa shape index (κ2) is 5.28. The van der Waals surface area contributed by atoms with E-state index >= 15 is 0 Å². The molecule has 1 saturated carbocycles. The first-order valence-electron chi connectivity index (χ1n) is 6.29. The minimum Gasteiger partial charge on any atom is -0.326 e. The molecule has 1 fully saturated rings. The summed E-state index contributed by atoms with van der Waals surface area (Å²) >= 11 is 1.39. The predicted molar refractivity (Wildman–Crippen MR) is 74.0 cm³/mol. The first-order valence-corrected chi connectivity index (χ1v) is 8.65. The van der Waals surface area contributed by atoms with Gasteiger partial charge in [0, 0.05) is 18.0 Å². The number of hydrogen-bond acceptors (Lipinski definition) is 4. The van der Waals surface area contributed by atoms with E-state index in [4.69, 9.17) is 5.73 Å². The van der Waals surface area contributed by atoms with Crippen LogP contribution in [0.2, 0.25) is 0 Å². The summed E-state index contributed by atoms with van der Waals surface area (Å²) in [6.45, 7) is 2.95. The van der Waals surface area contributed by atoms with Gasteiger partial charge in [0.15, 0.2) is 0 Å². The number of rotatable bonds is 6. The average molecular weight is 288 g/mol. The zero-order valence-electron chi connectivity index (χ0n) is 10.6. The van der Waals surface area contributed by atoms with E-state index in [0.29, 0.717) is 11.4 Å². The van der Waals surface area contributed by atoms with Crippen LogP contribution in [0.5, 0.6) is 0 Å². The first kappa shape index (κ1) is 14.0. The van der Waals surface area contributed by atoms with Gasteiger partial charge in [-0.1, -0.05) is 13.3 Å². The Morgan fingerprint density at radius 1 is 1.50 bits per heavy atom. The molecule has 0 amide bonds. The third-order valence-electron chi connectivity index (χ3n) is 3.98. The maximum absolute atomic E-state index is 12.2. The standard InChI is InChI=1S/C12H20N2O2S2/c1-2-12(5-3-6-12)9-14-18(15,16)11-4-7-17-10(11)8-13/h4,7,14H,2-3,5-6,8-9,13H2,1H3. The van der Waals surface area contributed by atoms with Crippen LogP contribution in [-0.2, 0) is 16.6 Å². The van der Waals surface area contributed by atoms with Crippen molar-refractivity contribution in [1.29, 1.82) is 0 Å². The first-order chi connectivity index (χ1) is 8.53. The molecule has 0 unspecified atom stereocenters. The number of hydrogen-bond donors (Lipinski definition) is 2. The average Bonchev–Trinajstić information content (AvgIpc) is 2.77. The SMILES string of the molecule is CCC1(CNS(=O)(=O)c2ccsc2CN)CCC1. The van der Waals surface area contributed by atoms with E-state index in [1.165, 1.54) is 17.8 Å². The highest BCUT2D eigenvalue weighted by atomic mass is 32.2. The van der Waals surface area contributed by atoms with Crippen molar-refractivity contribution >= 4 is 21.4 Å². The summed E-state index contributed by atoms with van der Waals surface area (Å²) in [5, 5.41) is 1.77. The Bertz CT molecular complexity index is 498. The van der Waals surface area contributed by atoms with E-state index in [9.17, 15) is 8.42 Å². The molecule has 1 aromatic heterocycles. The van der Waals surface area contributed by atoms with Crippen molar-refractivity contribution in [3.05, 3.63) is 16.3 Å². The maximum atomic E-state index is 12.2. The zero-order chi connectivity index (χ0) is 13.2. The lowest BCUT2D eigenvalue weighted by molar-refractivity contribution is 0.133. The molecule has 3 N–H and O–H groups in total. The molecule has 4 nitrogen and oxygen atoms in total. The molecule has 102 valence electrons. The van der Waals surface area contributed by atoms with Crippen LogP contribution in [0.4, 0.5) is 0 Å². The highest BCUT2D eigenvalue weighted by Crippen LogP contribution is 2.43. The molecule has 0 aliphatic heterocycles. The zero-order valence-corrected chi connectivity index (χ0v) is 12.2. The Morgan fingerprint density at radius 2 is 2.22 bits per heavy atom. The van der Waals surface area contributed by atoms with E-state index in [0.717, 1.165) is 24.1 Å². The molecule has 2 rings (SSSR count). The molecule has 1 aromatic rings. The molecule has 1 heterocycles. The molecule has 1 aliphatic carbocycles. The van der Waals surface area contributed by atoms with Crippen LogP contribution in [0.1, 0.15) is 37.5 Å². The Balaban J connectivity index is 2.08. The van der Waals surface area contributed by atoms with Gasteiger partial charge in [0.05, 0.1) is 4.90 Å². The predicted octanol–water partition coefficient (Wildman–Crippen LogP) is 2.07. The molecule has 0 radical (unpaired) electrons. The quantitative estimate of drug-likeness (QED) is 0.841. The van der Waals surface area contributed by atoms with Crippen LogP contribution in [0.25, 0.3) is 0 Å². The van der Waals surface area contributed by atoms with Crippen molar-refractivity contribution < 1.29 is 8.42 Å². The summed E-state index contributed by atoms with van der Waals surface area (Å²) in [5.41, 5.74) is 5.74. The smallest absolute Gasteiger partial charge is 0.241 e. The van der Waals surface area contributed by atoms with E-state index in [2.05, 4.69) is 11.6 Å². The Morgan fingerprint density at radius 3 is 2.72 bits per heavy atom. The summed E-state index contributed by atoms with van der Waals surface area (Å²) in [5.74, 6) is 0. The highest BCUT2D eigenvalue weighted by Gasteiger charge is 2.36. The van der Waals surface area contributed by atoms with Crippen molar-refractivity contribution in [2.24, 2.45) is 11.1 Å². The summed E-state index contributed by atoms with van der Waals surface area (Å²) in [6, 6.07) is 1.63. The largest absolute Gasteiger partial charge is 0.326 e. The van der Waals surface area contributed by atoms with Gasteiger partial charge in [-0.3, -0.25) is 0 Å². The molecule has 0 saturated heterocycles. The summed E-state index contributed by atoms with van der Waals surface area (Å²) in [4.78, 5) is 1.07. The lowest BCUT2D eigenvalue weighted by atomic mass is 9.67. The summed E-state index contributed by atoms with van der Waals surface area (Å²) in [6.07, 6.45) is 4.49. The lowest BCUT2D eigenvalue weighted by Crippen LogP contribution is -2.41. The van der Waals surface area contributed by atoms with Crippen LogP contribution in [-0.4, -0.2) is 15.0 Å². The number of nitrogens with one attached hydrogen (secondary N) is 1. The Kier molecular flexibility index (Phi) is 4.11. The second-order valence-corrected chi connectivity index (χ2v) is 7.68. The number of nitrogens with two attached hydrogens (primary N) is 1. The van der Waals surface area contributed by atoms with Gasteiger partial charge in [-0.25, -0.2) is 13.1 Å². The van der Waals surface area contributed by atoms with Gasteiger partial charge in [-0.15, -0.1) is 11.3 Å². The Hall–Kier alpha value is -0.430. The Labute approximate surface area is 113 Å². The molecule has 0 bridgehead atoms. The van der Waals surface area contributed by atoms with Gasteiger partial charge >= 0.3 is 0 Å². The second-order valence-electron chi connectivity index (χ2n) is 4.94. The van der Waals surface area contributed by atoms with Gasteiger partial charge in [0.25, 0.3) is 0 Å². The van der Waals surface area contributed by atoms with Crippen LogP contribution in [0.15, 0.2) is 16.3 Å². The molecule has 0 atom stereocenters. The highest BCUT2D eigenvalue weighted by molar-refractivity contribution is 7.89. The van der Waals surface area contributed by atoms with Gasteiger partial charge < -0.3 is 5.73 Å². The van der Waals surface area contributed by atoms with E-state index < -0.39 is 10.0 Å². The molecule has 18 heavy (non-hydrogen) atoms. The van der Waals surface area contributed by atoms with Gasteiger partial charge in [-0.05, 0) is 36.1 Å². The lowest BCUT2D eigenvalue weighted by Gasteiger charge is -2.41. The topological polar surface area (TPSA) is 72.2 Å². The fraction of sp³-hybridized carbons (Fsp3) is 0.667. The van der Waals surface area contributed by atoms with Crippen LogP contribution < -0.4 is 10.5 Å². The molecule has 0 aromatic carbocycles. The third kappa shape index (κ3) is 2.61. The molecule has 1 aliphatic rings. The van der Waals surface area contributed by atoms with Crippen LogP contribution in [0.3, 0.4) is 0 Å². The third-order valence-corrected chi connectivity index (χ3v) is 6.54. The van der Waals surface area contributed by atoms with Gasteiger partial charge in [-0.2, -0.15) is 0 Å². The van der Waals surface area contributed by atoms with Crippen molar-refractivity contribution in [2.45, 2.75) is 44.0 Å². The van der Waals surface area contributed by atoms with Gasteiger partial charge in [0.2, 0.25) is 10.0 Å². The monoisotopic (exact) mass is 288 g/mol. The van der Waals surface area contributed by atoms with E-state index in [-0.39, 0.29) is 12.0 Å². The van der Waals surface area contributed by atoms with Crippen LogP contribution in [0, 0.1) is 5.41 Å². The number of thiophene rings is 1. The van der Waals surface area contributed by atoms with Crippen molar-refractivity contribution in [3.8, 4) is 0 Å². The fourth-order valence-corrected chi connectivity index (χ4v) is 4.87. The van der Waals surface area contributed by atoms with E-state index in [1.54, 1.807) is 11.4 Å². The summed E-state index contributed by atoms with van der Waals surface area (Å²) < 4.78 is 27.2.